The lowest BCUT2D eigenvalue weighted by atomic mass is 10.2. The van der Waals surface area contributed by atoms with Gasteiger partial charge in [-0.25, -0.2) is 0 Å². The largest absolute Gasteiger partial charge is 0.460 e. The summed E-state index contributed by atoms with van der Waals surface area (Å²) in [4.78, 5) is 22.8. The summed E-state index contributed by atoms with van der Waals surface area (Å²) in [6.45, 7) is 3.47. The lowest BCUT2D eigenvalue weighted by Crippen LogP contribution is -2.03. The first-order chi connectivity index (χ1) is 12.8. The fraction of sp³-hybridized carbons (Fsp3) is 0.235. The zero-order chi connectivity index (χ0) is 19.7. The SMILES string of the molecule is Cc1nn(Cc2ccc(/C=C/C(=O)c3nn(C)cc3Cl)o2)c(C)c1[N+](=O)[O-]. The minimum absolute atomic E-state index is 0.000452. The molecule has 3 heterocycles. The number of hydrogen-bond acceptors (Lipinski definition) is 6. The predicted octanol–water partition coefficient (Wildman–Crippen LogP) is 3.33. The molecule has 140 valence electrons. The fourth-order valence-corrected chi connectivity index (χ4v) is 2.96. The molecule has 9 nitrogen and oxygen atoms in total. The summed E-state index contributed by atoms with van der Waals surface area (Å²) in [5, 5.41) is 19.5. The fourth-order valence-electron chi connectivity index (χ4n) is 2.69. The second-order valence-electron chi connectivity index (χ2n) is 5.94. The highest BCUT2D eigenvalue weighted by Gasteiger charge is 2.22. The third-order valence-electron chi connectivity index (χ3n) is 3.93. The highest BCUT2D eigenvalue weighted by atomic mass is 35.5. The van der Waals surface area contributed by atoms with E-state index in [0.717, 1.165) is 0 Å². The molecule has 0 spiro atoms. The van der Waals surface area contributed by atoms with Crippen LogP contribution in [0, 0.1) is 24.0 Å². The summed E-state index contributed by atoms with van der Waals surface area (Å²) in [6, 6.07) is 3.42. The molecule has 3 rings (SSSR count). The van der Waals surface area contributed by atoms with E-state index in [1.54, 1.807) is 39.2 Å². The highest BCUT2D eigenvalue weighted by molar-refractivity contribution is 6.34. The Morgan fingerprint density at radius 3 is 2.70 bits per heavy atom. The molecule has 0 amide bonds. The van der Waals surface area contributed by atoms with E-state index < -0.39 is 4.92 Å². The van der Waals surface area contributed by atoms with Crippen LogP contribution in [-0.2, 0) is 13.6 Å². The Bertz CT molecular complexity index is 1060. The van der Waals surface area contributed by atoms with Crippen molar-refractivity contribution in [3.05, 3.63) is 68.1 Å². The van der Waals surface area contributed by atoms with Crippen molar-refractivity contribution in [2.45, 2.75) is 20.4 Å². The first kappa shape index (κ1) is 18.6. The number of nitrogens with zero attached hydrogens (tertiary/aromatic N) is 5. The number of furan rings is 1. The van der Waals surface area contributed by atoms with E-state index in [1.165, 1.54) is 21.5 Å². The molecule has 0 aliphatic rings. The van der Waals surface area contributed by atoms with Gasteiger partial charge in [-0.2, -0.15) is 10.2 Å². The molecular formula is C17H16ClN5O4. The van der Waals surface area contributed by atoms with Crippen LogP contribution in [0.5, 0.6) is 0 Å². The van der Waals surface area contributed by atoms with Crippen molar-refractivity contribution in [1.29, 1.82) is 0 Å². The molecule has 0 bridgehead atoms. The monoisotopic (exact) mass is 389 g/mol. The molecule has 0 atom stereocenters. The van der Waals surface area contributed by atoms with Crippen molar-refractivity contribution in [1.82, 2.24) is 19.6 Å². The second kappa shape index (κ2) is 7.20. The molecule has 0 fully saturated rings. The van der Waals surface area contributed by atoms with Crippen LogP contribution in [0.3, 0.4) is 0 Å². The molecule has 0 aromatic carbocycles. The van der Waals surface area contributed by atoms with E-state index in [0.29, 0.717) is 22.9 Å². The maximum atomic E-state index is 12.1. The summed E-state index contributed by atoms with van der Waals surface area (Å²) >= 11 is 5.95. The Morgan fingerprint density at radius 2 is 2.11 bits per heavy atom. The minimum atomic E-state index is -0.446. The Balaban J connectivity index is 1.74. The Morgan fingerprint density at radius 1 is 1.37 bits per heavy atom. The molecular weight excluding hydrogens is 374 g/mol. The molecule has 27 heavy (non-hydrogen) atoms. The maximum Gasteiger partial charge on any atom is 0.312 e. The van der Waals surface area contributed by atoms with Crippen LogP contribution in [0.4, 0.5) is 5.69 Å². The van der Waals surface area contributed by atoms with Crippen LogP contribution in [0.25, 0.3) is 6.08 Å². The summed E-state index contributed by atoms with van der Waals surface area (Å²) < 4.78 is 8.62. The Labute approximate surface area is 159 Å². The zero-order valence-corrected chi connectivity index (χ0v) is 15.6. The summed E-state index contributed by atoms with van der Waals surface area (Å²) in [7, 11) is 1.68. The van der Waals surface area contributed by atoms with Crippen molar-refractivity contribution in [3.8, 4) is 0 Å². The molecule has 0 radical (unpaired) electrons. The van der Waals surface area contributed by atoms with Crippen LogP contribution in [0.2, 0.25) is 5.02 Å². The lowest BCUT2D eigenvalue weighted by Gasteiger charge is -2.00. The normalized spacial score (nSPS) is 11.4. The standard InChI is InChI=1S/C17H16ClN5O4/c1-10-17(23(25)26)11(2)22(19-10)8-13-5-4-12(27-13)6-7-15(24)16-14(18)9-21(3)20-16/h4-7,9H,8H2,1-3H3/b7-6+. The first-order valence-corrected chi connectivity index (χ1v) is 8.32. The van der Waals surface area contributed by atoms with Gasteiger partial charge in [-0.3, -0.25) is 24.3 Å². The maximum absolute atomic E-state index is 12.1. The van der Waals surface area contributed by atoms with E-state index in [1.807, 2.05) is 0 Å². The number of aromatic nitrogens is 4. The molecule has 10 heteroatoms. The van der Waals surface area contributed by atoms with E-state index in [-0.39, 0.29) is 28.7 Å². The number of nitro groups is 1. The van der Waals surface area contributed by atoms with Crippen molar-refractivity contribution < 1.29 is 14.1 Å². The smallest absolute Gasteiger partial charge is 0.312 e. The number of ketones is 1. The topological polar surface area (TPSA) is 109 Å². The number of carbonyl (C=O) groups excluding carboxylic acids is 1. The van der Waals surface area contributed by atoms with E-state index in [2.05, 4.69) is 10.2 Å². The molecule has 0 aliphatic carbocycles. The third kappa shape index (κ3) is 3.82. The van der Waals surface area contributed by atoms with Gasteiger partial charge in [0.1, 0.15) is 22.9 Å². The minimum Gasteiger partial charge on any atom is -0.460 e. The first-order valence-electron chi connectivity index (χ1n) is 7.95. The Hall–Kier alpha value is -3.20. The van der Waals surface area contributed by atoms with Gasteiger partial charge in [0.25, 0.3) is 0 Å². The van der Waals surface area contributed by atoms with Crippen LogP contribution < -0.4 is 0 Å². The number of halogens is 1. The second-order valence-corrected chi connectivity index (χ2v) is 6.34. The van der Waals surface area contributed by atoms with Crippen molar-refractivity contribution >= 4 is 29.1 Å². The van der Waals surface area contributed by atoms with Crippen molar-refractivity contribution in [3.63, 3.8) is 0 Å². The van der Waals surface area contributed by atoms with Gasteiger partial charge in [-0.05, 0) is 38.1 Å². The van der Waals surface area contributed by atoms with E-state index in [4.69, 9.17) is 16.0 Å². The van der Waals surface area contributed by atoms with E-state index >= 15 is 0 Å². The zero-order valence-electron chi connectivity index (χ0n) is 14.8. The molecule has 0 N–H and O–H groups in total. The molecule has 0 saturated heterocycles. The van der Waals surface area contributed by atoms with Gasteiger partial charge in [-0.15, -0.1) is 0 Å². The average molecular weight is 390 g/mol. The van der Waals surface area contributed by atoms with Gasteiger partial charge in [0.2, 0.25) is 5.78 Å². The van der Waals surface area contributed by atoms with Gasteiger partial charge >= 0.3 is 5.69 Å². The molecule has 3 aromatic rings. The summed E-state index contributed by atoms with van der Waals surface area (Å²) in [5.74, 6) is 0.674. The van der Waals surface area contributed by atoms with Crippen molar-refractivity contribution in [2.24, 2.45) is 7.05 Å². The molecule has 0 unspecified atom stereocenters. The summed E-state index contributed by atoms with van der Waals surface area (Å²) in [5.41, 5.74) is 0.963. The van der Waals surface area contributed by atoms with Crippen LogP contribution in [-0.4, -0.2) is 30.3 Å². The number of carbonyl (C=O) groups is 1. The molecule has 0 aliphatic heterocycles. The molecule has 0 saturated carbocycles. The third-order valence-corrected chi connectivity index (χ3v) is 4.21. The van der Waals surface area contributed by atoms with Gasteiger partial charge in [-0.1, -0.05) is 11.6 Å². The number of aryl methyl sites for hydroxylation is 2. The van der Waals surface area contributed by atoms with Crippen LogP contribution >= 0.6 is 11.6 Å². The van der Waals surface area contributed by atoms with Gasteiger partial charge in [0.15, 0.2) is 5.69 Å². The molecule has 3 aromatic heterocycles. The van der Waals surface area contributed by atoms with E-state index in [9.17, 15) is 14.9 Å². The Kier molecular flexibility index (Phi) is 4.95. The summed E-state index contributed by atoms with van der Waals surface area (Å²) in [6.07, 6.45) is 4.38. The average Bonchev–Trinajstić information content (AvgIpc) is 3.24. The number of allylic oxidation sites excluding steroid dienone is 1. The van der Waals surface area contributed by atoms with Gasteiger partial charge in [0.05, 0.1) is 16.5 Å². The predicted molar refractivity (Wildman–Crippen MR) is 97.7 cm³/mol. The quantitative estimate of drug-likeness (QED) is 0.277. The lowest BCUT2D eigenvalue weighted by molar-refractivity contribution is -0.386. The number of hydrogen-bond donors (Lipinski definition) is 0. The van der Waals surface area contributed by atoms with Crippen LogP contribution in [0.1, 0.15) is 33.4 Å². The van der Waals surface area contributed by atoms with Gasteiger partial charge < -0.3 is 4.42 Å². The number of rotatable bonds is 6. The highest BCUT2D eigenvalue weighted by Crippen LogP contribution is 2.23. The van der Waals surface area contributed by atoms with Gasteiger partial charge in [0, 0.05) is 13.2 Å². The van der Waals surface area contributed by atoms with Crippen LogP contribution in [0.15, 0.2) is 28.8 Å². The van der Waals surface area contributed by atoms with Crippen molar-refractivity contribution in [2.75, 3.05) is 0 Å².